The first-order valence-corrected chi connectivity index (χ1v) is 6.94. The fourth-order valence-corrected chi connectivity index (χ4v) is 1.98. The topological polar surface area (TPSA) is 85.8 Å². The molecule has 1 atom stereocenters. The van der Waals surface area contributed by atoms with Crippen LogP contribution in [0.25, 0.3) is 0 Å². The van der Waals surface area contributed by atoms with Crippen molar-refractivity contribution in [1.82, 2.24) is 20.1 Å². The molecule has 0 radical (unpaired) electrons. The van der Waals surface area contributed by atoms with Gasteiger partial charge in [-0.2, -0.15) is 0 Å². The van der Waals surface area contributed by atoms with E-state index in [4.69, 9.17) is 5.73 Å². The highest BCUT2D eigenvalue weighted by molar-refractivity contribution is 7.99. The van der Waals surface area contributed by atoms with Gasteiger partial charge in [-0.15, -0.1) is 10.2 Å². The molecule has 6 nitrogen and oxygen atoms in total. The van der Waals surface area contributed by atoms with Gasteiger partial charge in [0.15, 0.2) is 5.16 Å². The number of aromatic nitrogens is 3. The van der Waals surface area contributed by atoms with E-state index in [-0.39, 0.29) is 11.9 Å². The number of nitrogens with zero attached hydrogens (tertiary/aromatic N) is 3. The van der Waals surface area contributed by atoms with E-state index in [0.717, 1.165) is 0 Å². The van der Waals surface area contributed by atoms with Gasteiger partial charge in [-0.3, -0.25) is 4.79 Å². The maximum Gasteiger partial charge on any atom is 0.230 e. The van der Waals surface area contributed by atoms with Crippen LogP contribution in [0.1, 0.15) is 26.6 Å². The molecule has 0 bridgehead atoms. The lowest BCUT2D eigenvalue weighted by Crippen LogP contribution is -2.37. The molecule has 7 heteroatoms. The van der Waals surface area contributed by atoms with Crippen LogP contribution in [0.5, 0.6) is 0 Å². The minimum Gasteiger partial charge on any atom is -0.353 e. The molecule has 1 aromatic heterocycles. The van der Waals surface area contributed by atoms with Gasteiger partial charge in [-0.25, -0.2) is 0 Å². The Morgan fingerprint density at radius 2 is 2.11 bits per heavy atom. The van der Waals surface area contributed by atoms with Crippen molar-refractivity contribution in [2.24, 2.45) is 18.7 Å². The Labute approximate surface area is 112 Å². The van der Waals surface area contributed by atoms with Gasteiger partial charge in [0, 0.05) is 13.1 Å². The number of carbonyl (C=O) groups is 1. The van der Waals surface area contributed by atoms with Crippen LogP contribution in [0.15, 0.2) is 5.16 Å². The molecule has 1 rings (SSSR count). The van der Waals surface area contributed by atoms with E-state index in [1.807, 2.05) is 18.5 Å². The molecule has 18 heavy (non-hydrogen) atoms. The Balaban J connectivity index is 2.45. The van der Waals surface area contributed by atoms with Crippen LogP contribution in [0.4, 0.5) is 0 Å². The highest BCUT2D eigenvalue weighted by atomic mass is 32.2. The highest BCUT2D eigenvalue weighted by Crippen LogP contribution is 2.15. The first-order valence-electron chi connectivity index (χ1n) is 5.96. The average Bonchev–Trinajstić information content (AvgIpc) is 2.67. The minimum atomic E-state index is 0.0125. The fourth-order valence-electron chi connectivity index (χ4n) is 1.24. The first kappa shape index (κ1) is 15.0. The maximum absolute atomic E-state index is 11.7. The number of amides is 1. The zero-order valence-electron chi connectivity index (χ0n) is 11.3. The van der Waals surface area contributed by atoms with Crippen molar-refractivity contribution in [3.8, 4) is 0 Å². The van der Waals surface area contributed by atoms with Crippen LogP contribution in [0.3, 0.4) is 0 Å². The predicted molar refractivity (Wildman–Crippen MR) is 72.1 cm³/mol. The summed E-state index contributed by atoms with van der Waals surface area (Å²) >= 11 is 1.37. The molecule has 0 saturated carbocycles. The molecule has 0 fully saturated rings. The summed E-state index contributed by atoms with van der Waals surface area (Å²) in [5.41, 5.74) is 5.51. The van der Waals surface area contributed by atoms with Crippen molar-refractivity contribution in [3.05, 3.63) is 5.82 Å². The molecule has 1 unspecified atom stereocenters. The van der Waals surface area contributed by atoms with Crippen LogP contribution in [-0.4, -0.2) is 32.5 Å². The van der Waals surface area contributed by atoms with E-state index in [1.165, 1.54) is 11.8 Å². The van der Waals surface area contributed by atoms with E-state index < -0.39 is 0 Å². The van der Waals surface area contributed by atoms with Gasteiger partial charge in [0.2, 0.25) is 5.91 Å². The van der Waals surface area contributed by atoms with Gasteiger partial charge < -0.3 is 15.6 Å². The zero-order chi connectivity index (χ0) is 13.7. The molecule has 3 N–H and O–H groups in total. The minimum absolute atomic E-state index is 0.0125. The van der Waals surface area contributed by atoms with Crippen molar-refractivity contribution in [2.45, 2.75) is 38.5 Å². The van der Waals surface area contributed by atoms with Crippen LogP contribution in [0, 0.1) is 5.92 Å². The fraction of sp³-hybridized carbons (Fsp3) is 0.727. The molecule has 0 aliphatic rings. The summed E-state index contributed by atoms with van der Waals surface area (Å²) < 4.78 is 1.81. The van der Waals surface area contributed by atoms with Gasteiger partial charge in [0.05, 0.1) is 12.3 Å². The van der Waals surface area contributed by atoms with Crippen molar-refractivity contribution in [1.29, 1.82) is 0 Å². The molecular weight excluding hydrogens is 250 g/mol. The second kappa shape index (κ2) is 6.75. The molecular formula is C11H21N5OS. The smallest absolute Gasteiger partial charge is 0.230 e. The summed E-state index contributed by atoms with van der Waals surface area (Å²) in [7, 11) is 1.85. The number of nitrogens with one attached hydrogen (secondary N) is 1. The van der Waals surface area contributed by atoms with Crippen LogP contribution < -0.4 is 11.1 Å². The van der Waals surface area contributed by atoms with E-state index in [2.05, 4.69) is 29.4 Å². The Kier molecular flexibility index (Phi) is 5.61. The lowest BCUT2D eigenvalue weighted by atomic mass is 10.1. The average molecular weight is 271 g/mol. The third-order valence-electron chi connectivity index (χ3n) is 2.83. The molecule has 1 amide bonds. The molecule has 0 saturated heterocycles. The van der Waals surface area contributed by atoms with Crippen molar-refractivity contribution >= 4 is 17.7 Å². The SMILES string of the molecule is CC(C)C(C)NC(=O)CSc1nnc(CN)n1C. The van der Waals surface area contributed by atoms with Gasteiger partial charge in [-0.05, 0) is 12.8 Å². The summed E-state index contributed by atoms with van der Waals surface area (Å²) in [5.74, 6) is 1.50. The van der Waals surface area contributed by atoms with E-state index in [9.17, 15) is 4.79 Å². The standard InChI is InChI=1S/C11H21N5OS/c1-7(2)8(3)13-10(17)6-18-11-15-14-9(5-12)16(11)4/h7-8H,5-6,12H2,1-4H3,(H,13,17). The Morgan fingerprint density at radius 3 is 2.61 bits per heavy atom. The number of hydrogen-bond donors (Lipinski definition) is 2. The summed E-state index contributed by atoms with van der Waals surface area (Å²) in [6, 6.07) is 0.178. The summed E-state index contributed by atoms with van der Waals surface area (Å²) in [6.45, 7) is 6.51. The van der Waals surface area contributed by atoms with Crippen LogP contribution in [-0.2, 0) is 18.4 Å². The Bertz CT molecular complexity index is 404. The largest absolute Gasteiger partial charge is 0.353 e. The zero-order valence-corrected chi connectivity index (χ0v) is 12.1. The highest BCUT2D eigenvalue weighted by Gasteiger charge is 2.13. The number of carbonyl (C=O) groups excluding carboxylic acids is 1. The molecule has 0 aromatic carbocycles. The summed E-state index contributed by atoms with van der Waals surface area (Å²) in [5, 5.41) is 11.6. The second-order valence-corrected chi connectivity index (χ2v) is 5.49. The van der Waals surface area contributed by atoms with Crippen LogP contribution >= 0.6 is 11.8 Å². The second-order valence-electron chi connectivity index (χ2n) is 4.55. The molecule has 0 aliphatic carbocycles. The van der Waals surface area contributed by atoms with Gasteiger partial charge in [0.1, 0.15) is 5.82 Å². The molecule has 0 spiro atoms. The lowest BCUT2D eigenvalue weighted by Gasteiger charge is -2.17. The molecule has 1 aromatic rings. The van der Waals surface area contributed by atoms with Crippen LogP contribution in [0.2, 0.25) is 0 Å². The lowest BCUT2D eigenvalue weighted by molar-refractivity contribution is -0.119. The van der Waals surface area contributed by atoms with Crippen molar-refractivity contribution in [2.75, 3.05) is 5.75 Å². The van der Waals surface area contributed by atoms with Crippen molar-refractivity contribution in [3.63, 3.8) is 0 Å². The quantitative estimate of drug-likeness (QED) is 0.737. The number of nitrogens with two attached hydrogens (primary N) is 1. The third kappa shape index (κ3) is 3.99. The first-order chi connectivity index (χ1) is 8.45. The Hall–Kier alpha value is -1.08. The Morgan fingerprint density at radius 1 is 1.44 bits per heavy atom. The van der Waals surface area contributed by atoms with E-state index >= 15 is 0 Å². The molecule has 102 valence electrons. The summed E-state index contributed by atoms with van der Waals surface area (Å²) in [6.07, 6.45) is 0. The predicted octanol–water partition coefficient (Wildman–Crippen LogP) is 0.527. The van der Waals surface area contributed by atoms with E-state index in [0.29, 0.717) is 29.2 Å². The van der Waals surface area contributed by atoms with Gasteiger partial charge in [-0.1, -0.05) is 25.6 Å². The third-order valence-corrected chi connectivity index (χ3v) is 3.85. The van der Waals surface area contributed by atoms with E-state index in [1.54, 1.807) is 0 Å². The van der Waals surface area contributed by atoms with Gasteiger partial charge >= 0.3 is 0 Å². The molecule has 1 heterocycles. The normalized spacial score (nSPS) is 12.8. The van der Waals surface area contributed by atoms with Gasteiger partial charge in [0.25, 0.3) is 0 Å². The maximum atomic E-state index is 11.7. The number of thioether (sulfide) groups is 1. The number of hydrogen-bond acceptors (Lipinski definition) is 5. The summed E-state index contributed by atoms with van der Waals surface area (Å²) in [4.78, 5) is 11.7. The monoisotopic (exact) mass is 271 g/mol. The van der Waals surface area contributed by atoms with Crippen molar-refractivity contribution < 1.29 is 4.79 Å². The molecule has 0 aliphatic heterocycles. The number of rotatable bonds is 6.